The Morgan fingerprint density at radius 2 is 1.76 bits per heavy atom. The first-order valence-electron chi connectivity index (χ1n) is 9.23. The monoisotopic (exact) mass is 331 g/mol. The molecule has 25 heavy (non-hydrogen) atoms. The van der Waals surface area contributed by atoms with Gasteiger partial charge >= 0.3 is 0 Å². The smallest absolute Gasteiger partial charge is 0.0805 e. The van der Waals surface area contributed by atoms with Crippen LogP contribution in [0.1, 0.15) is 36.4 Å². The molecular formula is C22H25N3. The molecule has 2 unspecified atom stereocenters. The van der Waals surface area contributed by atoms with Crippen LogP contribution in [-0.2, 0) is 0 Å². The Morgan fingerprint density at radius 1 is 1.04 bits per heavy atom. The van der Waals surface area contributed by atoms with Gasteiger partial charge in [-0.1, -0.05) is 60.7 Å². The van der Waals surface area contributed by atoms with E-state index in [-0.39, 0.29) is 0 Å². The van der Waals surface area contributed by atoms with E-state index < -0.39 is 0 Å². The topological polar surface area (TPSA) is 41.6 Å². The fraction of sp³-hybridized carbons (Fsp3) is 0.318. The first-order valence-corrected chi connectivity index (χ1v) is 9.23. The molecule has 128 valence electrons. The highest BCUT2D eigenvalue weighted by molar-refractivity contribution is 6.07. The molecule has 2 aliphatic rings. The van der Waals surface area contributed by atoms with Crippen molar-refractivity contribution >= 4 is 11.8 Å². The van der Waals surface area contributed by atoms with Crippen LogP contribution in [0.5, 0.6) is 0 Å². The zero-order valence-corrected chi connectivity index (χ0v) is 14.5. The van der Waals surface area contributed by atoms with Gasteiger partial charge in [-0.3, -0.25) is 5.01 Å². The Hall–Kier alpha value is -2.39. The molecular weight excluding hydrogens is 306 g/mol. The average Bonchev–Trinajstić information content (AvgIpc) is 3.03. The molecule has 2 aromatic rings. The number of fused-ring (bicyclic) bond motifs is 1. The van der Waals surface area contributed by atoms with Crippen LogP contribution in [0.15, 0.2) is 71.3 Å². The third-order valence-corrected chi connectivity index (χ3v) is 5.22. The van der Waals surface area contributed by atoms with Gasteiger partial charge in [0.1, 0.15) is 0 Å². The van der Waals surface area contributed by atoms with Crippen molar-refractivity contribution in [3.63, 3.8) is 0 Å². The minimum Gasteiger partial charge on any atom is -0.329 e. The third-order valence-electron chi connectivity index (χ3n) is 5.22. The summed E-state index contributed by atoms with van der Waals surface area (Å²) in [6.45, 7) is 1.43. The van der Waals surface area contributed by atoms with E-state index in [0.717, 1.165) is 13.0 Å². The lowest BCUT2D eigenvalue weighted by atomic mass is 9.77. The molecule has 0 amide bonds. The number of allylic oxidation sites excluding steroid dienone is 1. The molecule has 0 aromatic heterocycles. The van der Waals surface area contributed by atoms with Gasteiger partial charge in [0, 0.05) is 19.0 Å². The molecule has 3 nitrogen and oxygen atoms in total. The number of hydrogen-bond acceptors (Lipinski definition) is 3. The van der Waals surface area contributed by atoms with Gasteiger partial charge in [-0.15, -0.1) is 0 Å². The normalized spacial score (nSPS) is 24.3. The summed E-state index contributed by atoms with van der Waals surface area (Å²) in [5.74, 6) is 0.470. The minimum atomic E-state index is 0.319. The average molecular weight is 331 g/mol. The lowest BCUT2D eigenvalue weighted by Crippen LogP contribution is -2.30. The van der Waals surface area contributed by atoms with Crippen LogP contribution in [0.25, 0.3) is 6.08 Å². The highest BCUT2D eigenvalue weighted by Gasteiger charge is 2.40. The van der Waals surface area contributed by atoms with Crippen molar-refractivity contribution in [3.05, 3.63) is 77.4 Å². The number of hydrogen-bond donors (Lipinski definition) is 1. The van der Waals surface area contributed by atoms with E-state index in [4.69, 9.17) is 10.8 Å². The highest BCUT2D eigenvalue weighted by atomic mass is 15.5. The molecule has 1 fully saturated rings. The van der Waals surface area contributed by atoms with Gasteiger partial charge in [-0.2, -0.15) is 5.10 Å². The molecule has 0 bridgehead atoms. The maximum atomic E-state index is 5.87. The van der Waals surface area contributed by atoms with Crippen LogP contribution >= 0.6 is 0 Å². The molecule has 1 heterocycles. The second kappa shape index (κ2) is 7.24. The minimum absolute atomic E-state index is 0.319. The molecule has 3 heteroatoms. The summed E-state index contributed by atoms with van der Waals surface area (Å²) in [6.07, 6.45) is 5.86. The lowest BCUT2D eigenvalue weighted by Gasteiger charge is -2.30. The summed E-state index contributed by atoms with van der Waals surface area (Å²) in [7, 11) is 0. The van der Waals surface area contributed by atoms with Gasteiger partial charge in [0.25, 0.3) is 0 Å². The Balaban J connectivity index is 1.70. The summed E-state index contributed by atoms with van der Waals surface area (Å²) < 4.78 is 0. The molecule has 4 rings (SSSR count). The van der Waals surface area contributed by atoms with E-state index >= 15 is 0 Å². The van der Waals surface area contributed by atoms with Crippen molar-refractivity contribution in [2.75, 3.05) is 13.1 Å². The lowest BCUT2D eigenvalue weighted by molar-refractivity contribution is 0.202. The van der Waals surface area contributed by atoms with Gasteiger partial charge in [0.05, 0.1) is 11.8 Å². The predicted molar refractivity (Wildman–Crippen MR) is 104 cm³/mol. The van der Waals surface area contributed by atoms with Crippen LogP contribution in [0.4, 0.5) is 0 Å². The second-order valence-electron chi connectivity index (χ2n) is 6.87. The zero-order chi connectivity index (χ0) is 17.1. The van der Waals surface area contributed by atoms with E-state index in [2.05, 4.69) is 71.7 Å². The SMILES string of the molecule is NCCN1N=C2C(=Cc3ccccc3)CCCC2C1c1ccccc1. The maximum absolute atomic E-state index is 5.87. The molecule has 0 saturated heterocycles. The molecule has 1 saturated carbocycles. The van der Waals surface area contributed by atoms with Crippen molar-refractivity contribution < 1.29 is 0 Å². The quantitative estimate of drug-likeness (QED) is 0.910. The van der Waals surface area contributed by atoms with Gasteiger partial charge in [-0.05, 0) is 42.0 Å². The van der Waals surface area contributed by atoms with Crippen LogP contribution in [0.3, 0.4) is 0 Å². The fourth-order valence-electron chi connectivity index (χ4n) is 4.14. The molecule has 1 aliphatic carbocycles. The van der Waals surface area contributed by atoms with Crippen molar-refractivity contribution in [1.29, 1.82) is 0 Å². The Kier molecular flexibility index (Phi) is 4.66. The fourth-order valence-corrected chi connectivity index (χ4v) is 4.14. The number of benzene rings is 2. The van der Waals surface area contributed by atoms with E-state index in [9.17, 15) is 0 Å². The third kappa shape index (κ3) is 3.24. The summed E-state index contributed by atoms with van der Waals surface area (Å²) in [6, 6.07) is 21.7. The molecule has 2 atom stereocenters. The number of nitrogens with zero attached hydrogens (tertiary/aromatic N) is 2. The van der Waals surface area contributed by atoms with Crippen molar-refractivity contribution in [2.24, 2.45) is 16.8 Å². The van der Waals surface area contributed by atoms with E-state index in [1.807, 2.05) is 0 Å². The van der Waals surface area contributed by atoms with Gasteiger partial charge < -0.3 is 5.73 Å². The van der Waals surface area contributed by atoms with Crippen molar-refractivity contribution in [2.45, 2.75) is 25.3 Å². The summed E-state index contributed by atoms with van der Waals surface area (Å²) in [5, 5.41) is 7.26. The first-order chi connectivity index (χ1) is 12.4. The highest BCUT2D eigenvalue weighted by Crippen LogP contribution is 2.43. The van der Waals surface area contributed by atoms with Crippen LogP contribution in [0.2, 0.25) is 0 Å². The van der Waals surface area contributed by atoms with E-state index in [0.29, 0.717) is 18.5 Å². The largest absolute Gasteiger partial charge is 0.329 e. The van der Waals surface area contributed by atoms with Gasteiger partial charge in [0.15, 0.2) is 0 Å². The van der Waals surface area contributed by atoms with Crippen molar-refractivity contribution in [1.82, 2.24) is 5.01 Å². The Bertz CT molecular complexity index is 764. The standard InChI is InChI=1S/C22H25N3/c23-14-15-25-22(18-10-5-2-6-11-18)20-13-7-12-19(21(20)24-25)16-17-8-3-1-4-9-17/h1-6,8-11,16,20,22H,7,12-15,23H2. The van der Waals surface area contributed by atoms with Crippen molar-refractivity contribution in [3.8, 4) is 0 Å². The van der Waals surface area contributed by atoms with Crippen LogP contribution in [-0.4, -0.2) is 23.8 Å². The molecule has 0 spiro atoms. The first kappa shape index (κ1) is 16.1. The molecule has 1 aliphatic heterocycles. The predicted octanol–water partition coefficient (Wildman–Crippen LogP) is 4.24. The summed E-state index contributed by atoms with van der Waals surface area (Å²) in [5.41, 5.74) is 11.1. The van der Waals surface area contributed by atoms with Crippen LogP contribution < -0.4 is 5.73 Å². The summed E-state index contributed by atoms with van der Waals surface area (Å²) in [4.78, 5) is 0. The maximum Gasteiger partial charge on any atom is 0.0805 e. The van der Waals surface area contributed by atoms with Gasteiger partial charge in [0.2, 0.25) is 0 Å². The Labute approximate surface area is 149 Å². The second-order valence-corrected chi connectivity index (χ2v) is 6.87. The number of hydrazone groups is 1. The number of rotatable bonds is 4. The van der Waals surface area contributed by atoms with E-state index in [1.54, 1.807) is 0 Å². The molecule has 0 radical (unpaired) electrons. The van der Waals surface area contributed by atoms with Crippen LogP contribution in [0, 0.1) is 5.92 Å². The zero-order valence-electron chi connectivity index (χ0n) is 14.5. The number of nitrogens with two attached hydrogens (primary N) is 1. The molecule has 2 aromatic carbocycles. The Morgan fingerprint density at radius 3 is 2.48 bits per heavy atom. The van der Waals surface area contributed by atoms with E-state index in [1.165, 1.54) is 35.3 Å². The molecule has 2 N–H and O–H groups in total. The summed E-state index contributed by atoms with van der Waals surface area (Å²) >= 11 is 0. The van der Waals surface area contributed by atoms with Gasteiger partial charge in [-0.25, -0.2) is 0 Å².